The van der Waals surface area contributed by atoms with Gasteiger partial charge in [-0.3, -0.25) is 0 Å². The lowest BCUT2D eigenvalue weighted by atomic mass is 9.69. The molecule has 1 aromatic carbocycles. The Balaban J connectivity index is 2.39. The van der Waals surface area contributed by atoms with Gasteiger partial charge in [-0.25, -0.2) is 8.78 Å². The third-order valence-electron chi connectivity index (χ3n) is 4.52. The van der Waals surface area contributed by atoms with Crippen LogP contribution in [-0.2, 0) is 5.54 Å². The molecule has 18 heavy (non-hydrogen) atoms. The van der Waals surface area contributed by atoms with Gasteiger partial charge in [0.1, 0.15) is 0 Å². The highest BCUT2D eigenvalue weighted by Crippen LogP contribution is 2.41. The summed E-state index contributed by atoms with van der Waals surface area (Å²) in [6, 6.07) is 3.27. The van der Waals surface area contributed by atoms with E-state index in [0.29, 0.717) is 29.4 Å². The number of aryl methyl sites for hydroxylation is 1. The second-order valence-electron chi connectivity index (χ2n) is 5.91. The highest BCUT2D eigenvalue weighted by atomic mass is 19.2. The van der Waals surface area contributed by atoms with Crippen LogP contribution >= 0.6 is 0 Å². The zero-order chi connectivity index (χ0) is 13.5. The van der Waals surface area contributed by atoms with Crippen molar-refractivity contribution in [3.05, 3.63) is 34.9 Å². The highest BCUT2D eigenvalue weighted by molar-refractivity contribution is 5.31. The summed E-state index contributed by atoms with van der Waals surface area (Å²) < 4.78 is 27.7. The van der Waals surface area contributed by atoms with Crippen LogP contribution in [0.15, 0.2) is 12.1 Å². The zero-order valence-electron chi connectivity index (χ0n) is 11.3. The van der Waals surface area contributed by atoms with Crippen molar-refractivity contribution in [2.75, 3.05) is 0 Å². The first-order valence-electron chi connectivity index (χ1n) is 6.59. The lowest BCUT2D eigenvalue weighted by molar-refractivity contribution is 0.172. The largest absolute Gasteiger partial charge is 0.321 e. The number of rotatable bonds is 1. The van der Waals surface area contributed by atoms with Gasteiger partial charge in [-0.15, -0.1) is 0 Å². The van der Waals surface area contributed by atoms with Crippen LogP contribution in [0.25, 0.3) is 0 Å². The standard InChI is InChI=1S/C15H21F2N/c1-9-6-7-15(18,8-11(9)3)12-5-4-10(2)13(16)14(12)17/h4-5,9,11H,6-8,18H2,1-3H3. The molecule has 1 saturated carbocycles. The highest BCUT2D eigenvalue weighted by Gasteiger charge is 2.38. The summed E-state index contributed by atoms with van der Waals surface area (Å²) in [5, 5.41) is 0. The molecule has 0 amide bonds. The summed E-state index contributed by atoms with van der Waals surface area (Å²) >= 11 is 0. The first-order valence-corrected chi connectivity index (χ1v) is 6.59. The van der Waals surface area contributed by atoms with Gasteiger partial charge >= 0.3 is 0 Å². The molecule has 3 atom stereocenters. The van der Waals surface area contributed by atoms with E-state index in [-0.39, 0.29) is 0 Å². The van der Waals surface area contributed by atoms with Crippen LogP contribution in [0, 0.1) is 30.4 Å². The molecule has 0 radical (unpaired) electrons. The molecule has 3 heteroatoms. The average molecular weight is 253 g/mol. The Morgan fingerprint density at radius 3 is 2.44 bits per heavy atom. The molecular formula is C15H21F2N. The average Bonchev–Trinajstić information content (AvgIpc) is 2.31. The van der Waals surface area contributed by atoms with E-state index < -0.39 is 17.2 Å². The van der Waals surface area contributed by atoms with Crippen molar-refractivity contribution in [3.63, 3.8) is 0 Å². The molecular weight excluding hydrogens is 232 g/mol. The molecule has 2 rings (SSSR count). The summed E-state index contributed by atoms with van der Waals surface area (Å²) in [6.45, 7) is 5.89. The van der Waals surface area contributed by atoms with Gasteiger partial charge in [0.05, 0.1) is 0 Å². The lowest BCUT2D eigenvalue weighted by Gasteiger charge is -2.40. The first-order chi connectivity index (χ1) is 8.35. The molecule has 0 saturated heterocycles. The molecule has 1 fully saturated rings. The lowest BCUT2D eigenvalue weighted by Crippen LogP contribution is -2.44. The van der Waals surface area contributed by atoms with Crippen LogP contribution in [0.5, 0.6) is 0 Å². The number of halogens is 2. The fourth-order valence-electron chi connectivity index (χ4n) is 2.92. The maximum absolute atomic E-state index is 14.1. The van der Waals surface area contributed by atoms with Crippen molar-refractivity contribution in [3.8, 4) is 0 Å². The first kappa shape index (κ1) is 13.5. The van der Waals surface area contributed by atoms with Crippen molar-refractivity contribution in [2.24, 2.45) is 17.6 Å². The Labute approximate surface area is 107 Å². The van der Waals surface area contributed by atoms with E-state index in [1.807, 2.05) is 0 Å². The summed E-state index contributed by atoms with van der Waals surface area (Å²) in [6.07, 6.45) is 2.40. The molecule has 1 aromatic rings. The Morgan fingerprint density at radius 2 is 1.83 bits per heavy atom. The third-order valence-corrected chi connectivity index (χ3v) is 4.52. The zero-order valence-corrected chi connectivity index (χ0v) is 11.3. The molecule has 2 N–H and O–H groups in total. The quantitative estimate of drug-likeness (QED) is 0.807. The minimum absolute atomic E-state index is 0.331. The third kappa shape index (κ3) is 2.16. The Hall–Kier alpha value is -0.960. The van der Waals surface area contributed by atoms with Gasteiger partial charge in [0, 0.05) is 11.1 Å². The molecule has 0 spiro atoms. The SMILES string of the molecule is Cc1ccc(C2(N)CCC(C)C(C)C2)c(F)c1F. The van der Waals surface area contributed by atoms with Crippen LogP contribution in [-0.4, -0.2) is 0 Å². The molecule has 0 aliphatic heterocycles. The Kier molecular flexibility index (Phi) is 3.45. The topological polar surface area (TPSA) is 26.0 Å². The summed E-state index contributed by atoms with van der Waals surface area (Å²) in [5.41, 5.74) is 6.30. The van der Waals surface area contributed by atoms with Crippen molar-refractivity contribution in [1.82, 2.24) is 0 Å². The predicted molar refractivity (Wildman–Crippen MR) is 69.1 cm³/mol. The molecule has 1 nitrogen and oxygen atoms in total. The van der Waals surface area contributed by atoms with Crippen LogP contribution in [0.1, 0.15) is 44.2 Å². The summed E-state index contributed by atoms with van der Waals surface area (Å²) in [7, 11) is 0. The van der Waals surface area contributed by atoms with E-state index in [0.717, 1.165) is 12.8 Å². The Morgan fingerprint density at radius 1 is 1.17 bits per heavy atom. The molecule has 1 aliphatic rings. The van der Waals surface area contributed by atoms with Gasteiger partial charge in [0.15, 0.2) is 11.6 Å². The van der Waals surface area contributed by atoms with E-state index >= 15 is 0 Å². The van der Waals surface area contributed by atoms with Crippen LogP contribution < -0.4 is 5.73 Å². The van der Waals surface area contributed by atoms with E-state index in [9.17, 15) is 8.78 Å². The van der Waals surface area contributed by atoms with E-state index in [4.69, 9.17) is 5.73 Å². The van der Waals surface area contributed by atoms with Gasteiger partial charge in [0.25, 0.3) is 0 Å². The van der Waals surface area contributed by atoms with Gasteiger partial charge in [-0.1, -0.05) is 26.0 Å². The second kappa shape index (κ2) is 4.61. The van der Waals surface area contributed by atoms with Crippen molar-refractivity contribution >= 4 is 0 Å². The van der Waals surface area contributed by atoms with Gasteiger partial charge in [-0.2, -0.15) is 0 Å². The maximum Gasteiger partial charge on any atom is 0.164 e. The van der Waals surface area contributed by atoms with E-state index in [2.05, 4.69) is 13.8 Å². The molecule has 0 aromatic heterocycles. The minimum Gasteiger partial charge on any atom is -0.321 e. The van der Waals surface area contributed by atoms with E-state index in [1.165, 1.54) is 0 Å². The van der Waals surface area contributed by atoms with Gasteiger partial charge < -0.3 is 5.73 Å². The normalized spacial score (nSPS) is 32.6. The van der Waals surface area contributed by atoms with Gasteiger partial charge in [0.2, 0.25) is 0 Å². The molecule has 1 aliphatic carbocycles. The molecule has 3 unspecified atom stereocenters. The van der Waals surface area contributed by atoms with Crippen molar-refractivity contribution < 1.29 is 8.78 Å². The van der Waals surface area contributed by atoms with Crippen LogP contribution in [0.4, 0.5) is 8.78 Å². The van der Waals surface area contributed by atoms with Crippen molar-refractivity contribution in [1.29, 1.82) is 0 Å². The van der Waals surface area contributed by atoms with Gasteiger partial charge in [-0.05, 0) is 43.6 Å². The van der Waals surface area contributed by atoms with Crippen LogP contribution in [0.3, 0.4) is 0 Å². The monoisotopic (exact) mass is 253 g/mol. The fraction of sp³-hybridized carbons (Fsp3) is 0.600. The second-order valence-corrected chi connectivity index (χ2v) is 5.91. The summed E-state index contributed by atoms with van der Waals surface area (Å²) in [5.74, 6) is -0.490. The molecule has 0 heterocycles. The van der Waals surface area contributed by atoms with Crippen LogP contribution in [0.2, 0.25) is 0 Å². The van der Waals surface area contributed by atoms with E-state index in [1.54, 1.807) is 19.1 Å². The number of benzene rings is 1. The number of hydrogen-bond donors (Lipinski definition) is 1. The Bertz CT molecular complexity index is 458. The smallest absolute Gasteiger partial charge is 0.164 e. The molecule has 100 valence electrons. The minimum atomic E-state index is -0.765. The fourth-order valence-corrected chi connectivity index (χ4v) is 2.92. The van der Waals surface area contributed by atoms with Crippen molar-refractivity contribution in [2.45, 2.75) is 45.6 Å². The number of hydrogen-bond acceptors (Lipinski definition) is 1. The summed E-state index contributed by atoms with van der Waals surface area (Å²) in [4.78, 5) is 0. The predicted octanol–water partition coefficient (Wildman–Crippen LogP) is 3.88. The number of nitrogens with two attached hydrogens (primary N) is 1. The molecule has 0 bridgehead atoms. The maximum atomic E-state index is 14.1.